The van der Waals surface area contributed by atoms with Crippen LogP contribution >= 0.6 is 11.6 Å². The number of halogens is 1. The highest BCUT2D eigenvalue weighted by molar-refractivity contribution is 6.31. The summed E-state index contributed by atoms with van der Waals surface area (Å²) in [5.41, 5.74) is 3.74. The van der Waals surface area contributed by atoms with E-state index >= 15 is 0 Å². The molecule has 2 rings (SSSR count). The van der Waals surface area contributed by atoms with E-state index in [0.29, 0.717) is 6.54 Å². The molecule has 0 aliphatic rings. The van der Waals surface area contributed by atoms with Crippen LogP contribution < -0.4 is 5.32 Å². The molecular formula is C15H16ClN3. The van der Waals surface area contributed by atoms with Gasteiger partial charge in [0.1, 0.15) is 0 Å². The van der Waals surface area contributed by atoms with Crippen molar-refractivity contribution in [2.75, 3.05) is 5.32 Å². The standard InChI is InChI=1S/C15H16ClN3/c1-4-11-7-6-8-12(9-11)17-10-14-15(16)13(5-2)18-19(14)3/h1,6-9,17H,5,10H2,2-3H3. The number of nitrogens with one attached hydrogen (secondary N) is 1. The minimum absolute atomic E-state index is 0.621. The Bertz CT molecular complexity index is 623. The third-order valence-corrected chi connectivity index (χ3v) is 3.43. The highest BCUT2D eigenvalue weighted by Crippen LogP contribution is 2.22. The molecule has 3 nitrogen and oxygen atoms in total. The van der Waals surface area contributed by atoms with Crippen molar-refractivity contribution in [3.8, 4) is 12.3 Å². The van der Waals surface area contributed by atoms with Crippen LogP contribution in [0.15, 0.2) is 24.3 Å². The highest BCUT2D eigenvalue weighted by Gasteiger charge is 2.12. The van der Waals surface area contributed by atoms with Crippen LogP contribution in [-0.2, 0) is 20.0 Å². The number of anilines is 1. The first-order chi connectivity index (χ1) is 9.15. The first kappa shape index (κ1) is 13.5. The Morgan fingerprint density at radius 2 is 2.26 bits per heavy atom. The molecule has 1 aromatic carbocycles. The van der Waals surface area contributed by atoms with E-state index in [9.17, 15) is 0 Å². The number of aromatic nitrogens is 2. The largest absolute Gasteiger partial charge is 0.379 e. The summed E-state index contributed by atoms with van der Waals surface area (Å²) in [6.45, 7) is 2.66. The zero-order chi connectivity index (χ0) is 13.8. The van der Waals surface area contributed by atoms with Crippen LogP contribution in [0.1, 0.15) is 23.9 Å². The van der Waals surface area contributed by atoms with Gasteiger partial charge in [0.15, 0.2) is 0 Å². The molecule has 1 N–H and O–H groups in total. The fourth-order valence-corrected chi connectivity index (χ4v) is 2.28. The summed E-state index contributed by atoms with van der Waals surface area (Å²) in [7, 11) is 1.90. The fourth-order valence-electron chi connectivity index (χ4n) is 1.92. The summed E-state index contributed by atoms with van der Waals surface area (Å²) < 4.78 is 1.82. The van der Waals surface area contributed by atoms with Gasteiger partial charge in [-0.1, -0.05) is 30.5 Å². The molecule has 0 aliphatic heterocycles. The van der Waals surface area contributed by atoms with E-state index in [1.54, 1.807) is 0 Å². The summed E-state index contributed by atoms with van der Waals surface area (Å²) in [5.74, 6) is 2.62. The van der Waals surface area contributed by atoms with Crippen molar-refractivity contribution in [3.05, 3.63) is 46.2 Å². The van der Waals surface area contributed by atoms with Gasteiger partial charge in [0, 0.05) is 18.3 Å². The number of rotatable bonds is 4. The number of hydrogen-bond acceptors (Lipinski definition) is 2. The van der Waals surface area contributed by atoms with Crippen molar-refractivity contribution in [1.82, 2.24) is 9.78 Å². The van der Waals surface area contributed by atoms with Crippen LogP contribution in [0.5, 0.6) is 0 Å². The third-order valence-electron chi connectivity index (χ3n) is 2.99. The zero-order valence-electron chi connectivity index (χ0n) is 11.1. The molecule has 98 valence electrons. The number of terminal acetylenes is 1. The van der Waals surface area contributed by atoms with E-state index in [-0.39, 0.29) is 0 Å². The Balaban J connectivity index is 2.14. The second-order valence-electron chi connectivity index (χ2n) is 4.26. The molecule has 0 radical (unpaired) electrons. The summed E-state index contributed by atoms with van der Waals surface area (Å²) in [5, 5.41) is 8.44. The van der Waals surface area contributed by atoms with Crippen LogP contribution in [0.4, 0.5) is 5.69 Å². The molecule has 0 aliphatic carbocycles. The minimum Gasteiger partial charge on any atom is -0.379 e. The normalized spacial score (nSPS) is 10.2. The number of benzene rings is 1. The van der Waals surface area contributed by atoms with E-state index in [1.165, 1.54) is 0 Å². The molecule has 0 amide bonds. The molecule has 0 bridgehead atoms. The van der Waals surface area contributed by atoms with Crippen LogP contribution in [0.3, 0.4) is 0 Å². The van der Waals surface area contributed by atoms with Crippen molar-refractivity contribution in [3.63, 3.8) is 0 Å². The Kier molecular flexibility index (Phi) is 4.13. The van der Waals surface area contributed by atoms with Gasteiger partial charge >= 0.3 is 0 Å². The number of nitrogens with zero attached hydrogens (tertiary/aromatic N) is 2. The molecule has 0 unspecified atom stereocenters. The predicted octanol–water partition coefficient (Wildman–Crippen LogP) is 3.23. The zero-order valence-corrected chi connectivity index (χ0v) is 11.8. The van der Waals surface area contributed by atoms with Gasteiger partial charge in [-0.25, -0.2) is 0 Å². The SMILES string of the molecule is C#Cc1cccc(NCc2c(Cl)c(CC)nn2C)c1. The fraction of sp³-hybridized carbons (Fsp3) is 0.267. The molecular weight excluding hydrogens is 258 g/mol. The summed E-state index contributed by atoms with van der Waals surface area (Å²) in [6, 6.07) is 7.74. The third kappa shape index (κ3) is 2.91. The van der Waals surface area contributed by atoms with E-state index in [4.69, 9.17) is 18.0 Å². The maximum absolute atomic E-state index is 6.30. The second kappa shape index (κ2) is 5.81. The molecule has 0 spiro atoms. The van der Waals surface area contributed by atoms with E-state index < -0.39 is 0 Å². The van der Waals surface area contributed by atoms with E-state index in [0.717, 1.165) is 34.1 Å². The molecule has 0 saturated carbocycles. The Morgan fingerprint density at radius 3 is 2.89 bits per heavy atom. The monoisotopic (exact) mass is 273 g/mol. The summed E-state index contributed by atoms with van der Waals surface area (Å²) in [4.78, 5) is 0. The first-order valence-corrected chi connectivity index (χ1v) is 6.54. The van der Waals surface area contributed by atoms with E-state index in [1.807, 2.05) is 42.9 Å². The Morgan fingerprint density at radius 1 is 1.47 bits per heavy atom. The topological polar surface area (TPSA) is 29.9 Å². The van der Waals surface area contributed by atoms with Crippen LogP contribution in [0.2, 0.25) is 5.02 Å². The maximum Gasteiger partial charge on any atom is 0.0868 e. The van der Waals surface area contributed by atoms with Gasteiger partial charge in [-0.2, -0.15) is 5.10 Å². The van der Waals surface area contributed by atoms with Gasteiger partial charge in [0.25, 0.3) is 0 Å². The molecule has 19 heavy (non-hydrogen) atoms. The highest BCUT2D eigenvalue weighted by atomic mass is 35.5. The molecule has 1 aromatic heterocycles. The van der Waals surface area contributed by atoms with Gasteiger partial charge in [0.05, 0.1) is 23.0 Å². The minimum atomic E-state index is 0.621. The Hall–Kier alpha value is -1.92. The quantitative estimate of drug-likeness (QED) is 0.867. The predicted molar refractivity (Wildman–Crippen MR) is 79.3 cm³/mol. The lowest BCUT2D eigenvalue weighted by molar-refractivity contribution is 0.707. The smallest absolute Gasteiger partial charge is 0.0868 e. The number of aryl methyl sites for hydroxylation is 2. The van der Waals surface area contributed by atoms with Crippen molar-refractivity contribution in [1.29, 1.82) is 0 Å². The molecule has 0 saturated heterocycles. The molecule has 4 heteroatoms. The van der Waals surface area contributed by atoms with Crippen molar-refractivity contribution < 1.29 is 0 Å². The summed E-state index contributed by atoms with van der Waals surface area (Å²) >= 11 is 6.30. The van der Waals surface area contributed by atoms with Gasteiger partial charge in [0.2, 0.25) is 0 Å². The Labute approximate surface area is 118 Å². The van der Waals surface area contributed by atoms with E-state index in [2.05, 4.69) is 16.3 Å². The van der Waals surface area contributed by atoms with Crippen molar-refractivity contribution in [2.24, 2.45) is 7.05 Å². The first-order valence-electron chi connectivity index (χ1n) is 6.16. The average Bonchev–Trinajstić information content (AvgIpc) is 2.71. The van der Waals surface area contributed by atoms with Crippen LogP contribution in [0, 0.1) is 12.3 Å². The maximum atomic E-state index is 6.30. The van der Waals surface area contributed by atoms with Crippen molar-refractivity contribution >= 4 is 17.3 Å². The lowest BCUT2D eigenvalue weighted by atomic mass is 10.2. The molecule has 1 heterocycles. The van der Waals surface area contributed by atoms with Gasteiger partial charge in [-0.3, -0.25) is 4.68 Å². The lowest BCUT2D eigenvalue weighted by Gasteiger charge is -2.07. The van der Waals surface area contributed by atoms with Gasteiger partial charge in [-0.05, 0) is 24.6 Å². The van der Waals surface area contributed by atoms with Crippen molar-refractivity contribution in [2.45, 2.75) is 19.9 Å². The van der Waals surface area contributed by atoms with Crippen LogP contribution in [-0.4, -0.2) is 9.78 Å². The van der Waals surface area contributed by atoms with Gasteiger partial charge in [-0.15, -0.1) is 6.42 Å². The molecule has 2 aromatic rings. The van der Waals surface area contributed by atoms with Crippen LogP contribution in [0.25, 0.3) is 0 Å². The summed E-state index contributed by atoms with van der Waals surface area (Å²) in [6.07, 6.45) is 6.22. The lowest BCUT2D eigenvalue weighted by Crippen LogP contribution is -2.06. The average molecular weight is 274 g/mol. The van der Waals surface area contributed by atoms with Gasteiger partial charge < -0.3 is 5.32 Å². The number of hydrogen-bond donors (Lipinski definition) is 1. The molecule has 0 atom stereocenters. The second-order valence-corrected chi connectivity index (χ2v) is 4.64. The molecule has 0 fully saturated rings.